The highest BCUT2D eigenvalue weighted by atomic mass is 32.2. The maximum absolute atomic E-state index is 12.7. The molecule has 1 aromatic heterocycles. The Morgan fingerprint density at radius 2 is 1.93 bits per heavy atom. The number of para-hydroxylation sites is 1. The lowest BCUT2D eigenvalue weighted by Gasteiger charge is -2.12. The number of hydrogen-bond acceptors (Lipinski definition) is 6. The Labute approximate surface area is 177 Å². The van der Waals surface area contributed by atoms with Crippen molar-refractivity contribution >= 4 is 40.3 Å². The number of aryl methyl sites for hydroxylation is 2. The van der Waals surface area contributed by atoms with Gasteiger partial charge in [0.1, 0.15) is 0 Å². The van der Waals surface area contributed by atoms with Crippen LogP contribution in [0.2, 0.25) is 0 Å². The number of urea groups is 1. The molecule has 0 radical (unpaired) electrons. The second-order valence-corrected chi connectivity index (χ2v) is 7.64. The van der Waals surface area contributed by atoms with Gasteiger partial charge in [-0.15, -0.1) is 0 Å². The van der Waals surface area contributed by atoms with E-state index < -0.39 is 11.9 Å². The van der Waals surface area contributed by atoms with E-state index in [1.54, 1.807) is 30.3 Å². The minimum Gasteiger partial charge on any atom is -0.395 e. The molecule has 2 aromatic carbocycles. The molecule has 30 heavy (non-hydrogen) atoms. The van der Waals surface area contributed by atoms with Gasteiger partial charge in [0.2, 0.25) is 5.91 Å². The van der Waals surface area contributed by atoms with Crippen molar-refractivity contribution in [2.24, 2.45) is 0 Å². The fraction of sp³-hybridized carbons (Fsp3) is 0.238. The molecule has 0 saturated carbocycles. The summed E-state index contributed by atoms with van der Waals surface area (Å²) in [7, 11) is 0. The van der Waals surface area contributed by atoms with Crippen LogP contribution in [0.1, 0.15) is 11.1 Å². The molecule has 8 nitrogen and oxygen atoms in total. The second-order valence-electron chi connectivity index (χ2n) is 6.70. The van der Waals surface area contributed by atoms with Crippen LogP contribution < -0.4 is 16.2 Å². The van der Waals surface area contributed by atoms with Crippen LogP contribution in [0.5, 0.6) is 0 Å². The maximum Gasteiger partial charge on any atom is 0.325 e. The molecule has 0 atom stereocenters. The van der Waals surface area contributed by atoms with Crippen molar-refractivity contribution in [3.05, 3.63) is 63.9 Å². The molecule has 0 unspecified atom stereocenters. The van der Waals surface area contributed by atoms with Crippen molar-refractivity contribution in [3.8, 4) is 0 Å². The van der Waals surface area contributed by atoms with Gasteiger partial charge in [-0.05, 0) is 37.6 Å². The number of amides is 3. The van der Waals surface area contributed by atoms with E-state index in [0.717, 1.165) is 22.9 Å². The van der Waals surface area contributed by atoms with Gasteiger partial charge in [-0.25, -0.2) is 9.78 Å². The molecule has 0 fully saturated rings. The summed E-state index contributed by atoms with van der Waals surface area (Å²) in [6, 6.07) is 11.8. The van der Waals surface area contributed by atoms with Crippen molar-refractivity contribution in [2.45, 2.75) is 25.5 Å². The standard InChI is InChI=1S/C21H22N4O4S/c1-13-7-8-16(14(2)11-13)22-20(29)24-18(27)12-30-21-23-17-6-4-3-5-15(17)19(28)25(21)9-10-26/h3-8,11,26H,9-10,12H2,1-2H3,(H2,22,24,27,29). The molecular weight excluding hydrogens is 404 g/mol. The summed E-state index contributed by atoms with van der Waals surface area (Å²) >= 11 is 1.03. The molecule has 1 heterocycles. The number of rotatable bonds is 6. The van der Waals surface area contributed by atoms with Crippen LogP contribution >= 0.6 is 11.8 Å². The summed E-state index contributed by atoms with van der Waals surface area (Å²) in [5.74, 6) is -0.642. The first-order chi connectivity index (χ1) is 14.4. The Kier molecular flexibility index (Phi) is 6.86. The van der Waals surface area contributed by atoms with Crippen molar-refractivity contribution in [1.29, 1.82) is 0 Å². The van der Waals surface area contributed by atoms with Crippen LogP contribution in [0.3, 0.4) is 0 Å². The minimum absolute atomic E-state index is 0.0633. The van der Waals surface area contributed by atoms with Gasteiger partial charge >= 0.3 is 6.03 Å². The first-order valence-corrected chi connectivity index (χ1v) is 10.3. The van der Waals surface area contributed by atoms with Crippen molar-refractivity contribution < 1.29 is 14.7 Å². The van der Waals surface area contributed by atoms with E-state index in [1.165, 1.54) is 4.57 Å². The lowest BCUT2D eigenvalue weighted by molar-refractivity contribution is -0.117. The highest BCUT2D eigenvalue weighted by Gasteiger charge is 2.14. The predicted octanol–water partition coefficient (Wildman–Crippen LogP) is 2.45. The smallest absolute Gasteiger partial charge is 0.325 e. The van der Waals surface area contributed by atoms with Gasteiger partial charge in [0.15, 0.2) is 5.16 Å². The number of carbonyl (C=O) groups excluding carboxylic acids is 2. The average molecular weight is 426 g/mol. The van der Waals surface area contributed by atoms with Crippen LogP contribution in [0, 0.1) is 13.8 Å². The monoisotopic (exact) mass is 426 g/mol. The molecule has 0 aliphatic carbocycles. The van der Waals surface area contributed by atoms with E-state index in [1.807, 2.05) is 26.0 Å². The topological polar surface area (TPSA) is 113 Å². The highest BCUT2D eigenvalue weighted by molar-refractivity contribution is 7.99. The van der Waals surface area contributed by atoms with E-state index in [4.69, 9.17) is 0 Å². The fourth-order valence-corrected chi connectivity index (χ4v) is 3.78. The zero-order valence-corrected chi connectivity index (χ0v) is 17.5. The Balaban J connectivity index is 1.68. The quantitative estimate of drug-likeness (QED) is 0.412. The number of benzene rings is 2. The van der Waals surface area contributed by atoms with Gasteiger partial charge in [-0.3, -0.25) is 19.5 Å². The highest BCUT2D eigenvalue weighted by Crippen LogP contribution is 2.18. The van der Waals surface area contributed by atoms with Crippen LogP contribution in [0.25, 0.3) is 10.9 Å². The molecule has 3 aromatic rings. The third-order valence-electron chi connectivity index (χ3n) is 4.37. The Hall–Kier alpha value is -3.17. The van der Waals surface area contributed by atoms with Gasteiger partial charge in [0, 0.05) is 5.69 Å². The van der Waals surface area contributed by atoms with Gasteiger partial charge in [-0.1, -0.05) is 41.6 Å². The molecule has 0 spiro atoms. The molecule has 9 heteroatoms. The third kappa shape index (κ3) is 5.05. The van der Waals surface area contributed by atoms with Gasteiger partial charge in [0.05, 0.1) is 29.8 Å². The number of thioether (sulfide) groups is 1. The van der Waals surface area contributed by atoms with Crippen LogP contribution in [0.15, 0.2) is 52.4 Å². The number of imide groups is 1. The summed E-state index contributed by atoms with van der Waals surface area (Å²) in [5.41, 5.74) is 2.80. The summed E-state index contributed by atoms with van der Waals surface area (Å²) in [4.78, 5) is 41.4. The zero-order valence-electron chi connectivity index (χ0n) is 16.6. The van der Waals surface area contributed by atoms with E-state index in [2.05, 4.69) is 15.6 Å². The number of nitrogens with one attached hydrogen (secondary N) is 2. The van der Waals surface area contributed by atoms with Gasteiger partial charge in [0.25, 0.3) is 5.56 Å². The molecule has 0 bridgehead atoms. The van der Waals surface area contributed by atoms with E-state index >= 15 is 0 Å². The first kappa shape index (κ1) is 21.5. The van der Waals surface area contributed by atoms with Crippen molar-refractivity contribution in [1.82, 2.24) is 14.9 Å². The molecule has 156 valence electrons. The fourth-order valence-electron chi connectivity index (χ4n) is 2.96. The Morgan fingerprint density at radius 1 is 1.17 bits per heavy atom. The van der Waals surface area contributed by atoms with Crippen LogP contribution in [0.4, 0.5) is 10.5 Å². The van der Waals surface area contributed by atoms with Crippen molar-refractivity contribution in [3.63, 3.8) is 0 Å². The minimum atomic E-state index is -0.633. The van der Waals surface area contributed by atoms with E-state index in [0.29, 0.717) is 21.7 Å². The first-order valence-electron chi connectivity index (χ1n) is 9.30. The maximum atomic E-state index is 12.7. The molecule has 0 saturated heterocycles. The number of anilines is 1. The largest absolute Gasteiger partial charge is 0.395 e. The third-order valence-corrected chi connectivity index (χ3v) is 5.34. The summed E-state index contributed by atoms with van der Waals surface area (Å²) in [5, 5.41) is 14.9. The number of hydrogen-bond donors (Lipinski definition) is 3. The SMILES string of the molecule is Cc1ccc(NC(=O)NC(=O)CSc2nc3ccccc3c(=O)n2CCO)c(C)c1. The molecule has 0 aliphatic heterocycles. The number of aliphatic hydroxyl groups excluding tert-OH is 1. The molecule has 3 N–H and O–H groups in total. The summed E-state index contributed by atoms with van der Waals surface area (Å²) in [6.07, 6.45) is 0. The lowest BCUT2D eigenvalue weighted by atomic mass is 10.1. The number of aromatic nitrogens is 2. The van der Waals surface area contributed by atoms with Crippen molar-refractivity contribution in [2.75, 3.05) is 17.7 Å². The van der Waals surface area contributed by atoms with Gasteiger partial charge < -0.3 is 10.4 Å². The zero-order chi connectivity index (χ0) is 21.7. The normalized spacial score (nSPS) is 10.8. The summed E-state index contributed by atoms with van der Waals surface area (Å²) < 4.78 is 1.33. The van der Waals surface area contributed by atoms with Crippen LogP contribution in [-0.2, 0) is 11.3 Å². The molecule has 0 aliphatic rings. The summed E-state index contributed by atoms with van der Waals surface area (Å²) in [6.45, 7) is 3.65. The number of nitrogens with zero attached hydrogens (tertiary/aromatic N) is 2. The second kappa shape index (κ2) is 9.55. The van der Waals surface area contributed by atoms with E-state index in [9.17, 15) is 19.5 Å². The molecule has 3 amide bonds. The van der Waals surface area contributed by atoms with Gasteiger partial charge in [-0.2, -0.15) is 0 Å². The Bertz CT molecular complexity index is 1160. The Morgan fingerprint density at radius 3 is 2.67 bits per heavy atom. The molecular formula is C21H22N4O4S. The van der Waals surface area contributed by atoms with Crippen LogP contribution in [-0.4, -0.2) is 39.0 Å². The number of fused-ring (bicyclic) bond motifs is 1. The molecule has 3 rings (SSSR count). The number of aliphatic hydroxyl groups is 1. The van der Waals surface area contributed by atoms with E-state index in [-0.39, 0.29) is 24.5 Å². The number of carbonyl (C=O) groups is 2. The predicted molar refractivity (Wildman–Crippen MR) is 117 cm³/mol. The lowest BCUT2D eigenvalue weighted by Crippen LogP contribution is -2.36. The average Bonchev–Trinajstić information content (AvgIpc) is 2.71.